The summed E-state index contributed by atoms with van der Waals surface area (Å²) in [7, 11) is 1.65. The summed E-state index contributed by atoms with van der Waals surface area (Å²) in [5.74, 6) is 2.35. The Morgan fingerprint density at radius 1 is 1.20 bits per heavy atom. The fourth-order valence-corrected chi connectivity index (χ4v) is 4.18. The zero-order valence-corrected chi connectivity index (χ0v) is 14.9. The van der Waals surface area contributed by atoms with Crippen LogP contribution in [0.1, 0.15) is 28.9 Å². The number of nitrogens with zero attached hydrogens (tertiary/aromatic N) is 2. The molecule has 1 amide bonds. The van der Waals surface area contributed by atoms with Crippen LogP contribution in [0.15, 0.2) is 24.3 Å². The fourth-order valence-electron chi connectivity index (χ4n) is 4.18. The highest BCUT2D eigenvalue weighted by Gasteiger charge is 2.32. The average molecular weight is 339 g/mol. The van der Waals surface area contributed by atoms with Crippen molar-refractivity contribution in [2.45, 2.75) is 19.8 Å². The maximum atomic E-state index is 13.1. The van der Waals surface area contributed by atoms with Crippen molar-refractivity contribution >= 4 is 16.8 Å². The Bertz CT molecular complexity index is 791. The maximum Gasteiger partial charge on any atom is 0.255 e. The predicted octanol–water partition coefficient (Wildman–Crippen LogP) is 2.62. The Hall–Kier alpha value is -2.14. The number of amides is 1. The smallest absolute Gasteiger partial charge is 0.255 e. The van der Waals surface area contributed by atoms with E-state index in [4.69, 9.17) is 4.74 Å². The van der Waals surface area contributed by atoms with Gasteiger partial charge >= 0.3 is 0 Å². The van der Waals surface area contributed by atoms with E-state index in [1.165, 1.54) is 0 Å². The molecule has 0 radical (unpaired) electrons. The third kappa shape index (κ3) is 3.09. The second-order valence-corrected chi connectivity index (χ2v) is 7.23. The van der Waals surface area contributed by atoms with Gasteiger partial charge in [0, 0.05) is 24.5 Å². The second-order valence-electron chi connectivity index (χ2n) is 7.23. The first kappa shape index (κ1) is 16.3. The number of carbonyl (C=O) groups excluding carboxylic acids is 1. The summed E-state index contributed by atoms with van der Waals surface area (Å²) in [6.45, 7) is 5.82. The van der Waals surface area contributed by atoms with Crippen LogP contribution in [-0.2, 0) is 0 Å². The van der Waals surface area contributed by atoms with E-state index >= 15 is 0 Å². The minimum absolute atomic E-state index is 0.121. The van der Waals surface area contributed by atoms with Crippen molar-refractivity contribution in [1.82, 2.24) is 15.2 Å². The van der Waals surface area contributed by atoms with E-state index in [1.54, 1.807) is 7.11 Å². The van der Waals surface area contributed by atoms with Gasteiger partial charge in [0.2, 0.25) is 0 Å². The van der Waals surface area contributed by atoms with Crippen LogP contribution in [0.2, 0.25) is 0 Å². The molecule has 1 aromatic carbocycles. The van der Waals surface area contributed by atoms with Crippen LogP contribution in [0.3, 0.4) is 0 Å². The van der Waals surface area contributed by atoms with E-state index in [2.05, 4.69) is 10.3 Å². The number of pyridine rings is 1. The molecule has 5 nitrogen and oxygen atoms in total. The molecule has 2 aliphatic heterocycles. The molecule has 2 aliphatic rings. The number of rotatable bonds is 2. The number of ether oxygens (including phenoxy) is 1. The molecule has 0 aliphatic carbocycles. The summed E-state index contributed by atoms with van der Waals surface area (Å²) >= 11 is 0. The van der Waals surface area contributed by atoms with Crippen LogP contribution in [-0.4, -0.2) is 49.1 Å². The number of hydrogen-bond acceptors (Lipinski definition) is 4. The Morgan fingerprint density at radius 3 is 2.60 bits per heavy atom. The van der Waals surface area contributed by atoms with Crippen LogP contribution < -0.4 is 10.1 Å². The molecule has 2 atom stereocenters. The predicted molar refractivity (Wildman–Crippen MR) is 98.0 cm³/mol. The van der Waals surface area contributed by atoms with Gasteiger partial charge in [0.1, 0.15) is 5.75 Å². The van der Waals surface area contributed by atoms with Gasteiger partial charge in [-0.25, -0.2) is 0 Å². The third-order valence-electron chi connectivity index (χ3n) is 5.75. The van der Waals surface area contributed by atoms with Crippen LogP contribution in [0.5, 0.6) is 5.75 Å². The topological polar surface area (TPSA) is 54.5 Å². The van der Waals surface area contributed by atoms with E-state index in [0.29, 0.717) is 0 Å². The molecule has 132 valence electrons. The number of fused-ring (bicyclic) bond motifs is 2. The van der Waals surface area contributed by atoms with E-state index in [0.717, 1.165) is 78.8 Å². The van der Waals surface area contributed by atoms with Gasteiger partial charge in [-0.15, -0.1) is 0 Å². The van der Waals surface area contributed by atoms with Crippen molar-refractivity contribution in [2.75, 3.05) is 33.3 Å². The highest BCUT2D eigenvalue weighted by Crippen LogP contribution is 2.28. The lowest BCUT2D eigenvalue weighted by Crippen LogP contribution is -2.33. The summed E-state index contributed by atoms with van der Waals surface area (Å²) in [6, 6.07) is 7.77. The van der Waals surface area contributed by atoms with Crippen LogP contribution in [0.4, 0.5) is 0 Å². The second kappa shape index (κ2) is 6.64. The highest BCUT2D eigenvalue weighted by molar-refractivity contribution is 5.98. The quantitative estimate of drug-likeness (QED) is 0.914. The lowest BCUT2D eigenvalue weighted by Gasteiger charge is -2.22. The Labute approximate surface area is 148 Å². The van der Waals surface area contributed by atoms with Gasteiger partial charge in [0.15, 0.2) is 0 Å². The number of methoxy groups -OCH3 is 1. The molecule has 2 fully saturated rings. The van der Waals surface area contributed by atoms with Crippen molar-refractivity contribution in [3.8, 4) is 5.75 Å². The largest absolute Gasteiger partial charge is 0.497 e. The van der Waals surface area contributed by atoms with Gasteiger partial charge in [0.25, 0.3) is 5.91 Å². The van der Waals surface area contributed by atoms with E-state index in [-0.39, 0.29) is 5.91 Å². The minimum Gasteiger partial charge on any atom is -0.497 e. The van der Waals surface area contributed by atoms with Gasteiger partial charge in [-0.05, 0) is 62.9 Å². The van der Waals surface area contributed by atoms with Crippen LogP contribution in [0.25, 0.3) is 10.9 Å². The molecule has 5 heteroatoms. The molecule has 1 aromatic heterocycles. The molecule has 25 heavy (non-hydrogen) atoms. The number of carbonyl (C=O) groups is 1. The minimum atomic E-state index is 0.121. The van der Waals surface area contributed by atoms with Crippen molar-refractivity contribution in [3.63, 3.8) is 0 Å². The zero-order chi connectivity index (χ0) is 17.4. The molecule has 0 saturated carbocycles. The summed E-state index contributed by atoms with van der Waals surface area (Å²) in [4.78, 5) is 19.8. The SMILES string of the molecule is COc1ccc2cc(C(=O)N3CC[C@@H]4CNC[C@@H]4CC3)c(C)nc2c1. The normalized spacial score (nSPS) is 23.4. The third-order valence-corrected chi connectivity index (χ3v) is 5.75. The zero-order valence-electron chi connectivity index (χ0n) is 14.9. The summed E-state index contributed by atoms with van der Waals surface area (Å²) in [5.41, 5.74) is 2.38. The summed E-state index contributed by atoms with van der Waals surface area (Å²) in [5, 5.41) is 4.46. The molecule has 2 saturated heterocycles. The molecule has 1 N–H and O–H groups in total. The molecule has 0 spiro atoms. The standard InChI is InChI=1S/C20H25N3O2/c1-13-18(9-14-3-4-17(25-2)10-19(14)22-13)20(24)23-7-5-15-11-21-12-16(15)6-8-23/h3-4,9-10,15-16,21H,5-8,11-12H2,1-2H3/t15-,16+. The van der Waals surface area contributed by atoms with E-state index in [1.807, 2.05) is 36.1 Å². The molecular formula is C20H25N3O2. The molecule has 3 heterocycles. The number of likely N-dealkylation sites (tertiary alicyclic amines) is 1. The number of aromatic nitrogens is 1. The average Bonchev–Trinajstić information content (AvgIpc) is 2.98. The molecule has 4 rings (SSSR count). The molecular weight excluding hydrogens is 314 g/mol. The van der Waals surface area contributed by atoms with Gasteiger partial charge in [0.05, 0.1) is 23.9 Å². The number of aryl methyl sites for hydroxylation is 1. The lowest BCUT2D eigenvalue weighted by molar-refractivity contribution is 0.0757. The highest BCUT2D eigenvalue weighted by atomic mass is 16.5. The van der Waals surface area contributed by atoms with Crippen molar-refractivity contribution in [2.24, 2.45) is 11.8 Å². The Balaban J connectivity index is 1.60. The van der Waals surface area contributed by atoms with Crippen molar-refractivity contribution < 1.29 is 9.53 Å². The number of nitrogens with one attached hydrogen (secondary N) is 1. The number of hydrogen-bond donors (Lipinski definition) is 1. The van der Waals surface area contributed by atoms with Crippen LogP contribution in [0, 0.1) is 18.8 Å². The maximum absolute atomic E-state index is 13.1. The van der Waals surface area contributed by atoms with Gasteiger partial charge in [-0.1, -0.05) is 0 Å². The van der Waals surface area contributed by atoms with E-state index in [9.17, 15) is 4.79 Å². The molecule has 0 bridgehead atoms. The lowest BCUT2D eigenvalue weighted by atomic mass is 9.92. The summed E-state index contributed by atoms with van der Waals surface area (Å²) < 4.78 is 5.26. The first-order chi connectivity index (χ1) is 12.2. The molecule has 0 unspecified atom stereocenters. The van der Waals surface area contributed by atoms with E-state index < -0.39 is 0 Å². The first-order valence-corrected chi connectivity index (χ1v) is 9.11. The first-order valence-electron chi connectivity index (χ1n) is 9.11. The Kier molecular flexibility index (Phi) is 4.34. The fraction of sp³-hybridized carbons (Fsp3) is 0.500. The van der Waals surface area contributed by atoms with Crippen LogP contribution >= 0.6 is 0 Å². The van der Waals surface area contributed by atoms with Crippen molar-refractivity contribution in [3.05, 3.63) is 35.5 Å². The number of benzene rings is 1. The monoisotopic (exact) mass is 339 g/mol. The van der Waals surface area contributed by atoms with Gasteiger partial charge in [-0.3, -0.25) is 9.78 Å². The molecule has 2 aromatic rings. The van der Waals surface area contributed by atoms with Gasteiger partial charge in [-0.2, -0.15) is 0 Å². The van der Waals surface area contributed by atoms with Crippen molar-refractivity contribution in [1.29, 1.82) is 0 Å². The Morgan fingerprint density at radius 2 is 1.92 bits per heavy atom. The van der Waals surface area contributed by atoms with Gasteiger partial charge < -0.3 is 15.0 Å². The summed E-state index contributed by atoms with van der Waals surface area (Å²) in [6.07, 6.45) is 2.20.